The van der Waals surface area contributed by atoms with E-state index in [0.29, 0.717) is 19.1 Å². The Morgan fingerprint density at radius 2 is 1.89 bits per heavy atom. The summed E-state index contributed by atoms with van der Waals surface area (Å²) >= 11 is 0. The average Bonchev–Trinajstić information content (AvgIpc) is 2.28. The van der Waals surface area contributed by atoms with Crippen LogP contribution in [0, 0.1) is 0 Å². The lowest BCUT2D eigenvalue weighted by atomic mass is 10.0. The van der Waals surface area contributed by atoms with Gasteiger partial charge in [0, 0.05) is 44.8 Å². The number of carbonyl (C=O) groups is 2. The number of hydrogen-bond acceptors (Lipinski definition) is 3. The van der Waals surface area contributed by atoms with Crippen LogP contribution in [0.3, 0.4) is 0 Å². The molecule has 2 fully saturated rings. The first-order chi connectivity index (χ1) is 8.52. The molecule has 0 saturated carbocycles. The van der Waals surface area contributed by atoms with Crippen LogP contribution in [0.5, 0.6) is 0 Å². The SMILES string of the molecule is C=CC(=O)N1CC(N2CCN(C(=O)O)CC2C)C1. The number of likely N-dealkylation sites (tertiary alicyclic amines) is 1. The first-order valence-electron chi connectivity index (χ1n) is 6.18. The molecule has 0 aromatic heterocycles. The second kappa shape index (κ2) is 4.97. The molecule has 0 bridgehead atoms. The van der Waals surface area contributed by atoms with E-state index in [9.17, 15) is 9.59 Å². The molecule has 2 aliphatic heterocycles. The monoisotopic (exact) mass is 253 g/mol. The van der Waals surface area contributed by atoms with Crippen molar-refractivity contribution < 1.29 is 14.7 Å². The van der Waals surface area contributed by atoms with Crippen molar-refractivity contribution in [2.24, 2.45) is 0 Å². The molecule has 2 aliphatic rings. The number of rotatable bonds is 2. The number of hydrogen-bond donors (Lipinski definition) is 1. The van der Waals surface area contributed by atoms with Crippen LogP contribution < -0.4 is 0 Å². The van der Waals surface area contributed by atoms with Crippen LogP contribution in [-0.2, 0) is 4.79 Å². The normalized spacial score (nSPS) is 25.7. The van der Waals surface area contributed by atoms with Crippen molar-refractivity contribution >= 4 is 12.0 Å². The van der Waals surface area contributed by atoms with Gasteiger partial charge in [-0.3, -0.25) is 9.69 Å². The molecule has 0 radical (unpaired) electrons. The maximum atomic E-state index is 11.3. The molecule has 1 unspecified atom stereocenters. The van der Waals surface area contributed by atoms with Gasteiger partial charge in [-0.2, -0.15) is 0 Å². The Bertz CT molecular complexity index is 366. The minimum Gasteiger partial charge on any atom is -0.465 e. The molecule has 1 N–H and O–H groups in total. The molecule has 0 aromatic rings. The van der Waals surface area contributed by atoms with Gasteiger partial charge in [0.25, 0.3) is 0 Å². The van der Waals surface area contributed by atoms with E-state index in [1.165, 1.54) is 11.0 Å². The molecular formula is C12H19N3O3. The molecule has 0 aliphatic carbocycles. The summed E-state index contributed by atoms with van der Waals surface area (Å²) < 4.78 is 0. The lowest BCUT2D eigenvalue weighted by Gasteiger charge is -2.50. The molecule has 2 amide bonds. The zero-order valence-electron chi connectivity index (χ0n) is 10.6. The highest BCUT2D eigenvalue weighted by Crippen LogP contribution is 2.20. The standard InChI is InChI=1S/C12H19N3O3/c1-3-11(16)14-7-10(8-14)15-5-4-13(12(17)18)6-9(15)2/h3,9-10H,1,4-8H2,2H3,(H,17,18). The lowest BCUT2D eigenvalue weighted by Crippen LogP contribution is -2.66. The maximum absolute atomic E-state index is 11.3. The highest BCUT2D eigenvalue weighted by Gasteiger charge is 2.38. The number of carbonyl (C=O) groups excluding carboxylic acids is 1. The van der Waals surface area contributed by atoms with Gasteiger partial charge in [0.1, 0.15) is 0 Å². The third-order valence-corrected chi connectivity index (χ3v) is 3.77. The van der Waals surface area contributed by atoms with Crippen LogP contribution >= 0.6 is 0 Å². The van der Waals surface area contributed by atoms with Crippen molar-refractivity contribution in [3.63, 3.8) is 0 Å². The topological polar surface area (TPSA) is 64.1 Å². The zero-order valence-corrected chi connectivity index (χ0v) is 10.6. The van der Waals surface area contributed by atoms with Gasteiger partial charge in [0.2, 0.25) is 5.91 Å². The van der Waals surface area contributed by atoms with E-state index in [1.54, 1.807) is 4.90 Å². The molecule has 2 heterocycles. The van der Waals surface area contributed by atoms with E-state index in [1.807, 2.05) is 6.92 Å². The Labute approximate surface area is 106 Å². The first kappa shape index (κ1) is 12.9. The smallest absolute Gasteiger partial charge is 0.407 e. The summed E-state index contributed by atoms with van der Waals surface area (Å²) in [7, 11) is 0. The summed E-state index contributed by atoms with van der Waals surface area (Å²) in [5, 5.41) is 8.94. The van der Waals surface area contributed by atoms with E-state index in [4.69, 9.17) is 5.11 Å². The molecule has 0 aromatic carbocycles. The van der Waals surface area contributed by atoms with Crippen LogP contribution in [0.2, 0.25) is 0 Å². The molecule has 100 valence electrons. The highest BCUT2D eigenvalue weighted by molar-refractivity contribution is 5.87. The van der Waals surface area contributed by atoms with Gasteiger partial charge in [-0.05, 0) is 13.0 Å². The fourth-order valence-corrected chi connectivity index (χ4v) is 2.66. The Hall–Kier alpha value is -1.56. The first-order valence-corrected chi connectivity index (χ1v) is 6.18. The highest BCUT2D eigenvalue weighted by atomic mass is 16.4. The van der Waals surface area contributed by atoms with E-state index >= 15 is 0 Å². The predicted octanol–water partition coefficient (Wildman–Crippen LogP) is 0.0673. The molecule has 18 heavy (non-hydrogen) atoms. The Morgan fingerprint density at radius 1 is 1.22 bits per heavy atom. The van der Waals surface area contributed by atoms with Gasteiger partial charge < -0.3 is 14.9 Å². The van der Waals surface area contributed by atoms with Gasteiger partial charge in [-0.15, -0.1) is 0 Å². The van der Waals surface area contributed by atoms with Crippen molar-refractivity contribution in [2.75, 3.05) is 32.7 Å². The van der Waals surface area contributed by atoms with Gasteiger partial charge in [-0.1, -0.05) is 6.58 Å². The minimum atomic E-state index is -0.849. The van der Waals surface area contributed by atoms with Crippen LogP contribution in [0.1, 0.15) is 6.92 Å². The summed E-state index contributed by atoms with van der Waals surface area (Å²) in [6.45, 7) is 8.79. The van der Waals surface area contributed by atoms with Gasteiger partial charge in [0.05, 0.1) is 0 Å². The van der Waals surface area contributed by atoms with Crippen LogP contribution in [-0.4, -0.2) is 76.6 Å². The van der Waals surface area contributed by atoms with E-state index in [0.717, 1.165) is 19.6 Å². The van der Waals surface area contributed by atoms with Crippen molar-refractivity contribution in [1.29, 1.82) is 0 Å². The molecular weight excluding hydrogens is 234 g/mol. The Morgan fingerprint density at radius 3 is 2.39 bits per heavy atom. The van der Waals surface area contributed by atoms with E-state index in [2.05, 4.69) is 11.5 Å². The third-order valence-electron chi connectivity index (χ3n) is 3.77. The van der Waals surface area contributed by atoms with Crippen LogP contribution in [0.15, 0.2) is 12.7 Å². The largest absolute Gasteiger partial charge is 0.465 e. The summed E-state index contributed by atoms with van der Waals surface area (Å²) in [6.07, 6.45) is 0.487. The van der Waals surface area contributed by atoms with Gasteiger partial charge >= 0.3 is 6.09 Å². The molecule has 2 saturated heterocycles. The van der Waals surface area contributed by atoms with E-state index < -0.39 is 6.09 Å². The number of amides is 2. The lowest BCUT2D eigenvalue weighted by molar-refractivity contribution is -0.134. The minimum absolute atomic E-state index is 0.0249. The van der Waals surface area contributed by atoms with Gasteiger partial charge in [-0.25, -0.2) is 4.79 Å². The summed E-state index contributed by atoms with van der Waals surface area (Å²) in [5.41, 5.74) is 0. The summed E-state index contributed by atoms with van der Waals surface area (Å²) in [4.78, 5) is 27.7. The second-order valence-electron chi connectivity index (χ2n) is 4.92. The Kier molecular flexibility index (Phi) is 3.56. The van der Waals surface area contributed by atoms with Crippen molar-refractivity contribution in [2.45, 2.75) is 19.0 Å². The number of nitrogens with zero attached hydrogens (tertiary/aromatic N) is 3. The van der Waals surface area contributed by atoms with Crippen molar-refractivity contribution in [3.05, 3.63) is 12.7 Å². The van der Waals surface area contributed by atoms with Crippen molar-refractivity contribution in [3.8, 4) is 0 Å². The average molecular weight is 253 g/mol. The Balaban J connectivity index is 1.84. The number of carboxylic acid groups (broad SMARTS) is 1. The van der Waals surface area contributed by atoms with Crippen LogP contribution in [0.25, 0.3) is 0 Å². The third kappa shape index (κ3) is 2.33. The zero-order chi connectivity index (χ0) is 13.3. The van der Waals surface area contributed by atoms with Crippen molar-refractivity contribution in [1.82, 2.24) is 14.7 Å². The summed E-state index contributed by atoms with van der Waals surface area (Å²) in [6, 6.07) is 0.570. The second-order valence-corrected chi connectivity index (χ2v) is 4.92. The molecule has 2 rings (SSSR count). The number of piperazine rings is 1. The fourth-order valence-electron chi connectivity index (χ4n) is 2.66. The van der Waals surface area contributed by atoms with E-state index in [-0.39, 0.29) is 11.9 Å². The fraction of sp³-hybridized carbons (Fsp3) is 0.667. The van der Waals surface area contributed by atoms with Gasteiger partial charge in [0.15, 0.2) is 0 Å². The molecule has 1 atom stereocenters. The maximum Gasteiger partial charge on any atom is 0.407 e. The molecule has 0 spiro atoms. The molecule has 6 nitrogen and oxygen atoms in total. The molecule has 6 heteroatoms. The quantitative estimate of drug-likeness (QED) is 0.707. The summed E-state index contributed by atoms with van der Waals surface area (Å²) in [5.74, 6) is -0.0249. The van der Waals surface area contributed by atoms with Crippen LogP contribution in [0.4, 0.5) is 4.79 Å². The predicted molar refractivity (Wildman–Crippen MR) is 66.3 cm³/mol.